The fourth-order valence-corrected chi connectivity index (χ4v) is 1.13. The van der Waals surface area contributed by atoms with Gasteiger partial charge in [-0.15, -0.1) is 0 Å². The van der Waals surface area contributed by atoms with Crippen LogP contribution in [-0.4, -0.2) is 20.0 Å². The Balaban J connectivity index is 2.47. The summed E-state index contributed by atoms with van der Waals surface area (Å²) in [7, 11) is 0. The van der Waals surface area contributed by atoms with Crippen molar-refractivity contribution in [2.45, 2.75) is 19.3 Å². The van der Waals surface area contributed by atoms with Crippen molar-refractivity contribution < 1.29 is 0 Å². The Morgan fingerprint density at radius 1 is 1.43 bits per heavy atom. The molecule has 0 amide bonds. The molecule has 7 heavy (non-hydrogen) atoms. The summed E-state index contributed by atoms with van der Waals surface area (Å²) in [6.07, 6.45) is 8.12. The van der Waals surface area contributed by atoms with Gasteiger partial charge in [-0.2, -0.15) is 0 Å². The molecule has 0 aromatic heterocycles. The monoisotopic (exact) mass is 160 g/mol. The van der Waals surface area contributed by atoms with Crippen molar-refractivity contribution in [3.05, 3.63) is 12.2 Å². The minimum absolute atomic E-state index is 1.17. The predicted octanol–water partition coefficient (Wildman–Crippen LogP) is 1.07. The molecule has 0 unspecified atom stereocenters. The molecule has 0 nitrogen and oxygen atoms in total. The van der Waals surface area contributed by atoms with Crippen LogP contribution in [0.15, 0.2) is 12.2 Å². The SMILES string of the molecule is [Se]=C1CC=CCC1. The van der Waals surface area contributed by atoms with Gasteiger partial charge in [0, 0.05) is 0 Å². The molecule has 0 radical (unpaired) electrons. The van der Waals surface area contributed by atoms with Crippen LogP contribution >= 0.6 is 0 Å². The van der Waals surface area contributed by atoms with E-state index >= 15 is 0 Å². The van der Waals surface area contributed by atoms with Crippen molar-refractivity contribution in [1.82, 2.24) is 0 Å². The Labute approximate surface area is 52.0 Å². The topological polar surface area (TPSA) is 0 Å². The second kappa shape index (κ2) is 2.44. The van der Waals surface area contributed by atoms with Crippen LogP contribution in [-0.2, 0) is 0 Å². The molecule has 0 fully saturated rings. The molecule has 0 aromatic carbocycles. The summed E-state index contributed by atoms with van der Waals surface area (Å²) in [6.45, 7) is 0. The average molecular weight is 159 g/mol. The number of rotatable bonds is 0. The molecule has 38 valence electrons. The average Bonchev–Trinajstić information content (AvgIpc) is 1.69. The van der Waals surface area contributed by atoms with Crippen LogP contribution in [0.3, 0.4) is 0 Å². The third kappa shape index (κ3) is 1.58. The van der Waals surface area contributed by atoms with Crippen molar-refractivity contribution in [2.24, 2.45) is 0 Å². The molecule has 0 aliphatic heterocycles. The van der Waals surface area contributed by atoms with E-state index in [0.29, 0.717) is 0 Å². The maximum absolute atomic E-state index is 3.04. The second-order valence-electron chi connectivity index (χ2n) is 1.75. The first-order chi connectivity index (χ1) is 3.39. The first kappa shape index (κ1) is 5.27. The zero-order valence-corrected chi connectivity index (χ0v) is 5.90. The Hall–Kier alpha value is 0.129. The van der Waals surface area contributed by atoms with Crippen molar-refractivity contribution in [3.8, 4) is 0 Å². The van der Waals surface area contributed by atoms with E-state index in [1.165, 1.54) is 23.7 Å². The Morgan fingerprint density at radius 3 is 2.57 bits per heavy atom. The molecule has 0 N–H and O–H groups in total. The molecule has 1 aliphatic rings. The number of hydrogen-bond donors (Lipinski definition) is 0. The summed E-state index contributed by atoms with van der Waals surface area (Å²) in [6, 6.07) is 0. The van der Waals surface area contributed by atoms with E-state index in [0.717, 1.165) is 0 Å². The van der Waals surface area contributed by atoms with Crippen molar-refractivity contribution in [2.75, 3.05) is 0 Å². The predicted molar refractivity (Wildman–Crippen MR) is 33.8 cm³/mol. The Kier molecular flexibility index (Phi) is 1.84. The van der Waals surface area contributed by atoms with Crippen molar-refractivity contribution in [3.63, 3.8) is 0 Å². The van der Waals surface area contributed by atoms with Gasteiger partial charge in [0.05, 0.1) is 0 Å². The summed E-state index contributed by atoms with van der Waals surface area (Å²) in [4.78, 5) is 0. The fourth-order valence-electron chi connectivity index (χ4n) is 0.679. The quantitative estimate of drug-likeness (QED) is 0.366. The Bertz CT molecular complexity index is 103. The van der Waals surface area contributed by atoms with E-state index < -0.39 is 0 Å². The number of hydrogen-bond acceptors (Lipinski definition) is 0. The van der Waals surface area contributed by atoms with E-state index in [9.17, 15) is 0 Å². The maximum atomic E-state index is 3.04. The van der Waals surface area contributed by atoms with Gasteiger partial charge in [-0.25, -0.2) is 0 Å². The van der Waals surface area contributed by atoms with E-state index in [4.69, 9.17) is 0 Å². The molecule has 0 spiro atoms. The molecule has 0 aromatic rings. The van der Waals surface area contributed by atoms with E-state index in [2.05, 4.69) is 27.7 Å². The van der Waals surface area contributed by atoms with Gasteiger partial charge in [-0.05, 0) is 0 Å². The van der Waals surface area contributed by atoms with Gasteiger partial charge in [0.2, 0.25) is 0 Å². The zero-order valence-electron chi connectivity index (χ0n) is 4.18. The fraction of sp³-hybridized carbons (Fsp3) is 0.500. The van der Waals surface area contributed by atoms with Gasteiger partial charge >= 0.3 is 51.4 Å². The van der Waals surface area contributed by atoms with Gasteiger partial charge in [0.1, 0.15) is 0 Å². The number of allylic oxidation sites excluding steroid dienone is 2. The second-order valence-corrected chi connectivity index (χ2v) is 2.96. The standard InChI is InChI=1S/C6H8Se/c7-6-4-2-1-3-5-6/h1-2H,3-5H2. The van der Waals surface area contributed by atoms with Crippen LogP contribution in [0.2, 0.25) is 0 Å². The summed E-state index contributed by atoms with van der Waals surface area (Å²) in [5, 5.41) is 0. The molecule has 0 atom stereocenters. The van der Waals surface area contributed by atoms with Gasteiger partial charge in [-0.1, -0.05) is 0 Å². The van der Waals surface area contributed by atoms with Crippen LogP contribution < -0.4 is 0 Å². The molecule has 1 aliphatic carbocycles. The Morgan fingerprint density at radius 2 is 2.29 bits per heavy atom. The van der Waals surface area contributed by atoms with E-state index in [-0.39, 0.29) is 0 Å². The summed E-state index contributed by atoms with van der Waals surface area (Å²) < 4.78 is 1.50. The summed E-state index contributed by atoms with van der Waals surface area (Å²) in [5.41, 5.74) is 0. The molecule has 1 heteroatoms. The minimum atomic E-state index is 1.17. The molecule has 0 saturated carbocycles. The van der Waals surface area contributed by atoms with Gasteiger partial charge in [0.15, 0.2) is 0 Å². The van der Waals surface area contributed by atoms with Gasteiger partial charge < -0.3 is 0 Å². The summed E-state index contributed by atoms with van der Waals surface area (Å²) >= 11 is 3.04. The third-order valence-corrected chi connectivity index (χ3v) is 1.88. The normalized spacial score (nSPS) is 20.3. The van der Waals surface area contributed by atoms with Crippen molar-refractivity contribution in [1.29, 1.82) is 0 Å². The first-order valence-electron chi connectivity index (χ1n) is 2.56. The molecule has 0 bridgehead atoms. The third-order valence-electron chi connectivity index (χ3n) is 1.10. The van der Waals surface area contributed by atoms with E-state index in [1.54, 1.807) is 0 Å². The van der Waals surface area contributed by atoms with Crippen molar-refractivity contribution >= 4 is 20.0 Å². The molecule has 0 heterocycles. The molecular weight excluding hydrogens is 151 g/mol. The van der Waals surface area contributed by atoms with Gasteiger partial charge in [-0.3, -0.25) is 0 Å². The van der Waals surface area contributed by atoms with Gasteiger partial charge in [0.25, 0.3) is 0 Å². The van der Waals surface area contributed by atoms with E-state index in [1.807, 2.05) is 0 Å². The molecule has 0 saturated heterocycles. The summed E-state index contributed by atoms with van der Waals surface area (Å²) in [5.74, 6) is 0. The van der Waals surface area contributed by atoms with Crippen LogP contribution in [0.1, 0.15) is 19.3 Å². The molecule has 1 rings (SSSR count). The van der Waals surface area contributed by atoms with Crippen LogP contribution in [0.5, 0.6) is 0 Å². The first-order valence-corrected chi connectivity index (χ1v) is 3.42. The van der Waals surface area contributed by atoms with Crippen LogP contribution in [0, 0.1) is 0 Å². The van der Waals surface area contributed by atoms with Crippen LogP contribution in [0.25, 0.3) is 0 Å². The molecular formula is C6H8Se. The van der Waals surface area contributed by atoms with Crippen LogP contribution in [0.4, 0.5) is 0 Å². The zero-order chi connectivity index (χ0) is 5.11.